The summed E-state index contributed by atoms with van der Waals surface area (Å²) < 4.78 is 0.891. The zero-order valence-corrected chi connectivity index (χ0v) is 11.7. The van der Waals surface area contributed by atoms with Crippen molar-refractivity contribution in [1.82, 2.24) is 9.97 Å². The molecule has 19 heavy (non-hydrogen) atoms. The first kappa shape index (κ1) is 13.4. The largest absolute Gasteiger partial charge is 0.323 e. The van der Waals surface area contributed by atoms with Crippen molar-refractivity contribution in [3.8, 4) is 0 Å². The van der Waals surface area contributed by atoms with E-state index in [1.54, 1.807) is 18.2 Å². The Hall–Kier alpha value is -1.99. The van der Waals surface area contributed by atoms with E-state index in [1.165, 1.54) is 6.20 Å². The minimum Gasteiger partial charge on any atom is -0.323 e. The summed E-state index contributed by atoms with van der Waals surface area (Å²) in [6.07, 6.45) is 1.48. The molecule has 6 nitrogen and oxygen atoms in total. The quantitative estimate of drug-likeness (QED) is 0.594. The number of hydrogen-bond donors (Lipinski definition) is 3. The maximum atomic E-state index is 11.9. The fourth-order valence-corrected chi connectivity index (χ4v) is 1.63. The predicted molar refractivity (Wildman–Crippen MR) is 76.7 cm³/mol. The lowest BCUT2D eigenvalue weighted by atomic mass is 10.3. The van der Waals surface area contributed by atoms with Gasteiger partial charge in [0.1, 0.15) is 11.5 Å². The molecule has 7 heteroatoms. The molecule has 4 N–H and O–H groups in total. The Bertz CT molecular complexity index is 600. The van der Waals surface area contributed by atoms with Gasteiger partial charge >= 0.3 is 0 Å². The summed E-state index contributed by atoms with van der Waals surface area (Å²) in [4.78, 5) is 20.2. The van der Waals surface area contributed by atoms with Gasteiger partial charge in [-0.3, -0.25) is 10.6 Å². The Balaban J connectivity index is 2.13. The van der Waals surface area contributed by atoms with Crippen LogP contribution in [0.5, 0.6) is 0 Å². The summed E-state index contributed by atoms with van der Waals surface area (Å²) in [7, 11) is 0. The van der Waals surface area contributed by atoms with Crippen LogP contribution in [0.15, 0.2) is 34.9 Å². The van der Waals surface area contributed by atoms with E-state index in [4.69, 9.17) is 5.84 Å². The highest BCUT2D eigenvalue weighted by atomic mass is 79.9. The summed E-state index contributed by atoms with van der Waals surface area (Å²) in [5, 5.41) is 2.68. The SMILES string of the molecule is Cc1nc(NC(=O)c2ccc(NN)cn2)ccc1Br. The second kappa shape index (κ2) is 5.77. The predicted octanol–water partition coefficient (Wildman–Crippen LogP) is 2.09. The van der Waals surface area contributed by atoms with Gasteiger partial charge in [0.05, 0.1) is 17.6 Å². The molecule has 0 aromatic carbocycles. The number of hydrogen-bond acceptors (Lipinski definition) is 5. The fraction of sp³-hybridized carbons (Fsp3) is 0.0833. The molecule has 2 aromatic rings. The number of amides is 1. The molecular formula is C12H12BrN5O. The van der Waals surface area contributed by atoms with E-state index in [-0.39, 0.29) is 5.91 Å². The number of carbonyl (C=O) groups excluding carboxylic acids is 1. The molecule has 2 aromatic heterocycles. The Morgan fingerprint density at radius 3 is 2.68 bits per heavy atom. The summed E-state index contributed by atoms with van der Waals surface area (Å²) >= 11 is 3.35. The molecule has 0 aliphatic carbocycles. The van der Waals surface area contributed by atoms with Crippen LogP contribution in [0.4, 0.5) is 11.5 Å². The molecule has 0 unspecified atom stereocenters. The minimum absolute atomic E-state index is 0.293. The first-order chi connectivity index (χ1) is 9.10. The Labute approximate surface area is 118 Å². The lowest BCUT2D eigenvalue weighted by molar-refractivity contribution is 0.102. The number of nitrogens with one attached hydrogen (secondary N) is 2. The summed E-state index contributed by atoms with van der Waals surface area (Å²) in [5.74, 6) is 5.38. The molecule has 98 valence electrons. The molecule has 0 aliphatic heterocycles. The zero-order valence-electron chi connectivity index (χ0n) is 10.1. The Morgan fingerprint density at radius 2 is 2.11 bits per heavy atom. The normalized spacial score (nSPS) is 10.1. The third-order valence-corrected chi connectivity index (χ3v) is 3.26. The third-order valence-electron chi connectivity index (χ3n) is 2.43. The van der Waals surface area contributed by atoms with Crippen molar-refractivity contribution in [2.45, 2.75) is 6.92 Å². The van der Waals surface area contributed by atoms with Crippen molar-refractivity contribution in [2.75, 3.05) is 10.7 Å². The molecule has 0 aliphatic rings. The van der Waals surface area contributed by atoms with E-state index in [9.17, 15) is 4.79 Å². The number of aryl methyl sites for hydroxylation is 1. The molecule has 0 saturated heterocycles. The van der Waals surface area contributed by atoms with E-state index in [0.717, 1.165) is 10.2 Å². The van der Waals surface area contributed by atoms with Gasteiger partial charge in [-0.25, -0.2) is 9.97 Å². The van der Waals surface area contributed by atoms with Crippen molar-refractivity contribution >= 4 is 33.3 Å². The molecule has 0 atom stereocenters. The highest BCUT2D eigenvalue weighted by molar-refractivity contribution is 9.10. The number of nitrogens with zero attached hydrogens (tertiary/aromatic N) is 2. The van der Waals surface area contributed by atoms with Gasteiger partial charge in [0.2, 0.25) is 0 Å². The number of hydrazine groups is 1. The number of nitrogens with two attached hydrogens (primary N) is 1. The van der Waals surface area contributed by atoms with E-state index in [2.05, 4.69) is 36.6 Å². The number of aromatic nitrogens is 2. The van der Waals surface area contributed by atoms with Gasteiger partial charge in [-0.2, -0.15) is 0 Å². The molecule has 2 heterocycles. The van der Waals surface area contributed by atoms with Crippen molar-refractivity contribution in [2.24, 2.45) is 5.84 Å². The number of nitrogen functional groups attached to an aromatic ring is 1. The van der Waals surface area contributed by atoms with E-state index in [0.29, 0.717) is 17.2 Å². The van der Waals surface area contributed by atoms with Crippen LogP contribution in [0.3, 0.4) is 0 Å². The summed E-state index contributed by atoms with van der Waals surface area (Å²) in [5.41, 5.74) is 4.17. The second-order valence-corrected chi connectivity index (χ2v) is 4.65. The molecule has 0 bridgehead atoms. The summed E-state index contributed by atoms with van der Waals surface area (Å²) in [6.45, 7) is 1.85. The van der Waals surface area contributed by atoms with Crippen LogP contribution in [0.25, 0.3) is 0 Å². The van der Waals surface area contributed by atoms with Crippen molar-refractivity contribution in [3.63, 3.8) is 0 Å². The average molecular weight is 322 g/mol. The van der Waals surface area contributed by atoms with E-state index < -0.39 is 0 Å². The smallest absolute Gasteiger partial charge is 0.275 e. The van der Waals surface area contributed by atoms with Crippen LogP contribution in [-0.4, -0.2) is 15.9 Å². The maximum absolute atomic E-state index is 11.9. The number of anilines is 2. The van der Waals surface area contributed by atoms with Crippen molar-refractivity contribution in [3.05, 3.63) is 46.3 Å². The fourth-order valence-electron chi connectivity index (χ4n) is 1.41. The molecule has 0 radical (unpaired) electrons. The lowest BCUT2D eigenvalue weighted by Crippen LogP contribution is -2.15. The minimum atomic E-state index is -0.321. The number of halogens is 1. The van der Waals surface area contributed by atoms with E-state index in [1.807, 2.05) is 13.0 Å². The maximum Gasteiger partial charge on any atom is 0.275 e. The molecule has 2 rings (SSSR count). The van der Waals surface area contributed by atoms with Gasteiger partial charge in [0.25, 0.3) is 5.91 Å². The Kier molecular flexibility index (Phi) is 4.08. The summed E-state index contributed by atoms with van der Waals surface area (Å²) in [6, 6.07) is 6.79. The standard InChI is InChI=1S/C12H12BrN5O/c1-7-9(13)3-5-11(16-7)17-12(19)10-4-2-8(18-14)6-15-10/h2-6,18H,14H2,1H3,(H,16,17,19). The van der Waals surface area contributed by atoms with Gasteiger partial charge in [-0.15, -0.1) is 0 Å². The number of pyridine rings is 2. The van der Waals surface area contributed by atoms with Crippen LogP contribution in [0.1, 0.15) is 16.2 Å². The molecular weight excluding hydrogens is 310 g/mol. The van der Waals surface area contributed by atoms with E-state index >= 15 is 0 Å². The first-order valence-corrected chi connectivity index (χ1v) is 6.26. The topological polar surface area (TPSA) is 92.9 Å². The number of rotatable bonds is 3. The highest BCUT2D eigenvalue weighted by Gasteiger charge is 2.09. The Morgan fingerprint density at radius 1 is 1.32 bits per heavy atom. The van der Waals surface area contributed by atoms with Gasteiger partial charge < -0.3 is 10.7 Å². The monoisotopic (exact) mass is 321 g/mol. The van der Waals surface area contributed by atoms with Gasteiger partial charge in [0, 0.05) is 4.47 Å². The second-order valence-electron chi connectivity index (χ2n) is 3.79. The van der Waals surface area contributed by atoms with Crippen molar-refractivity contribution < 1.29 is 4.79 Å². The van der Waals surface area contributed by atoms with Gasteiger partial charge in [-0.1, -0.05) is 0 Å². The molecule has 0 saturated carbocycles. The zero-order chi connectivity index (χ0) is 13.8. The highest BCUT2D eigenvalue weighted by Crippen LogP contribution is 2.16. The van der Waals surface area contributed by atoms with Crippen LogP contribution in [0.2, 0.25) is 0 Å². The average Bonchev–Trinajstić information content (AvgIpc) is 2.43. The lowest BCUT2D eigenvalue weighted by Gasteiger charge is -2.06. The van der Waals surface area contributed by atoms with Gasteiger partial charge in [-0.05, 0) is 47.1 Å². The van der Waals surface area contributed by atoms with Crippen molar-refractivity contribution in [1.29, 1.82) is 0 Å². The molecule has 1 amide bonds. The molecule has 0 fully saturated rings. The third kappa shape index (κ3) is 3.27. The first-order valence-electron chi connectivity index (χ1n) is 5.47. The van der Waals surface area contributed by atoms with Gasteiger partial charge in [0.15, 0.2) is 0 Å². The van der Waals surface area contributed by atoms with Crippen LogP contribution < -0.4 is 16.6 Å². The van der Waals surface area contributed by atoms with Crippen LogP contribution in [0, 0.1) is 6.92 Å². The molecule has 0 spiro atoms. The van der Waals surface area contributed by atoms with Crippen LogP contribution >= 0.6 is 15.9 Å². The number of carbonyl (C=O) groups is 1. The van der Waals surface area contributed by atoms with Crippen LogP contribution in [-0.2, 0) is 0 Å².